The van der Waals surface area contributed by atoms with Gasteiger partial charge in [0.1, 0.15) is 5.88 Å². The smallest absolute Gasteiger partial charge is 0.275 e. The largest absolute Gasteiger partial charge is 0.301 e. The van der Waals surface area contributed by atoms with Crippen LogP contribution >= 0.6 is 39.9 Å². The van der Waals surface area contributed by atoms with Crippen molar-refractivity contribution < 1.29 is 4.48 Å². The molecule has 0 radical (unpaired) electrons. The summed E-state index contributed by atoms with van der Waals surface area (Å²) in [5, 5.41) is 4.35. The van der Waals surface area contributed by atoms with Crippen LogP contribution in [0.4, 0.5) is 5.69 Å². The highest BCUT2D eigenvalue weighted by Crippen LogP contribution is 2.25. The molecule has 5 heteroatoms. The number of nitrogens with one attached hydrogen (secondary N) is 1. The molecule has 0 spiro atoms. The van der Waals surface area contributed by atoms with E-state index >= 15 is 0 Å². The molecule has 1 unspecified atom stereocenters. The Balaban J connectivity index is 2.10. The molecule has 1 aliphatic heterocycles. The third-order valence-corrected chi connectivity index (χ3v) is 5.56. The first-order valence-corrected chi connectivity index (χ1v) is 8.53. The Kier molecular flexibility index (Phi) is 5.06. The van der Waals surface area contributed by atoms with Crippen LogP contribution in [0, 0.1) is 0 Å². The summed E-state index contributed by atoms with van der Waals surface area (Å²) in [4.78, 5) is 0. The summed E-state index contributed by atoms with van der Waals surface area (Å²) in [5.74, 6) is 2.36. The van der Waals surface area contributed by atoms with E-state index in [1.165, 1.54) is 12.2 Å². The van der Waals surface area contributed by atoms with Crippen molar-refractivity contribution in [2.45, 2.75) is 13.3 Å². The zero-order valence-electron chi connectivity index (χ0n) is 10.5. The monoisotopic (exact) mass is 345 g/mol. The van der Waals surface area contributed by atoms with Gasteiger partial charge in [-0.25, -0.2) is 0 Å². The number of quaternary nitrogens is 1. The van der Waals surface area contributed by atoms with Crippen LogP contribution in [0.15, 0.2) is 28.7 Å². The number of anilines is 1. The quantitative estimate of drug-likeness (QED) is 0.640. The minimum absolute atomic E-state index is 0.909. The number of thioether (sulfide) groups is 1. The van der Waals surface area contributed by atoms with Gasteiger partial charge in [0.15, 0.2) is 0 Å². The molecule has 1 aromatic carbocycles. The summed E-state index contributed by atoms with van der Waals surface area (Å²) in [5.41, 5.74) is 1.07. The standard InChI is InChI=1S/C13H17BrN2S2/c1-2-16(7-4-8-18-10-16)13(17)15-12-6-3-5-11(14)9-12/h3,5-6,9H,2,4,7-8,10H2,1H3/p+1. The maximum absolute atomic E-state index is 5.64. The number of hydrogen-bond donors (Lipinski definition) is 1. The Hall–Kier alpha value is -0.100. The number of rotatable bonds is 2. The second-order valence-corrected chi connectivity index (χ2v) is 6.89. The Labute approximate surface area is 127 Å². The minimum Gasteiger partial charge on any atom is -0.301 e. The fraction of sp³-hybridized carbons (Fsp3) is 0.462. The molecule has 0 aliphatic carbocycles. The van der Waals surface area contributed by atoms with Crippen molar-refractivity contribution in [1.82, 2.24) is 0 Å². The van der Waals surface area contributed by atoms with E-state index in [0.717, 1.165) is 38.7 Å². The topological polar surface area (TPSA) is 12.0 Å². The third-order valence-electron chi connectivity index (χ3n) is 3.33. The molecule has 0 amide bonds. The van der Waals surface area contributed by atoms with Gasteiger partial charge >= 0.3 is 0 Å². The highest BCUT2D eigenvalue weighted by atomic mass is 79.9. The summed E-state index contributed by atoms with van der Waals surface area (Å²) in [6.07, 6.45) is 1.25. The normalized spacial score (nSPS) is 23.7. The van der Waals surface area contributed by atoms with Crippen molar-refractivity contribution in [2.75, 3.05) is 30.0 Å². The summed E-state index contributed by atoms with van der Waals surface area (Å²) >= 11 is 11.1. The van der Waals surface area contributed by atoms with Crippen LogP contribution in [0.3, 0.4) is 0 Å². The molecule has 98 valence electrons. The van der Waals surface area contributed by atoms with Crippen molar-refractivity contribution in [3.05, 3.63) is 28.7 Å². The van der Waals surface area contributed by atoms with Gasteiger partial charge in [0.05, 0.1) is 13.1 Å². The van der Waals surface area contributed by atoms with E-state index in [9.17, 15) is 0 Å². The molecule has 0 bridgehead atoms. The zero-order chi connectivity index (χ0) is 13.0. The number of nitrogens with zero attached hydrogens (tertiary/aromatic N) is 1. The van der Waals surface area contributed by atoms with Gasteiger partial charge in [-0.1, -0.05) is 22.0 Å². The molecule has 1 atom stereocenters. The molecule has 18 heavy (non-hydrogen) atoms. The second kappa shape index (κ2) is 6.37. The lowest BCUT2D eigenvalue weighted by Gasteiger charge is -2.39. The molecule has 0 aromatic heterocycles. The van der Waals surface area contributed by atoms with Crippen molar-refractivity contribution in [1.29, 1.82) is 0 Å². The first-order valence-electron chi connectivity index (χ1n) is 6.17. The summed E-state index contributed by atoms with van der Waals surface area (Å²) < 4.78 is 1.98. The Morgan fingerprint density at radius 3 is 3.00 bits per heavy atom. The lowest BCUT2D eigenvalue weighted by Crippen LogP contribution is -2.56. The number of halogens is 1. The average molecular weight is 346 g/mol. The minimum atomic E-state index is 0.909. The van der Waals surface area contributed by atoms with E-state index in [0.29, 0.717) is 0 Å². The van der Waals surface area contributed by atoms with E-state index in [-0.39, 0.29) is 0 Å². The molecule has 1 fully saturated rings. The van der Waals surface area contributed by atoms with E-state index in [1.54, 1.807) is 0 Å². The maximum atomic E-state index is 5.64. The lowest BCUT2D eigenvalue weighted by molar-refractivity contribution is -0.825. The van der Waals surface area contributed by atoms with Gasteiger partial charge in [-0.3, -0.25) is 4.48 Å². The molecule has 1 saturated heterocycles. The van der Waals surface area contributed by atoms with E-state index < -0.39 is 0 Å². The van der Waals surface area contributed by atoms with Gasteiger partial charge in [0.25, 0.3) is 5.11 Å². The van der Waals surface area contributed by atoms with E-state index in [4.69, 9.17) is 12.2 Å². The van der Waals surface area contributed by atoms with Crippen LogP contribution in [0.25, 0.3) is 0 Å². The van der Waals surface area contributed by atoms with Crippen LogP contribution in [0.2, 0.25) is 0 Å². The second-order valence-electron chi connectivity index (χ2n) is 4.52. The SMILES string of the molecule is CC[N+]1(C(=S)Nc2cccc(Br)c2)CCCSC1. The predicted molar refractivity (Wildman–Crippen MR) is 88.0 cm³/mol. The highest BCUT2D eigenvalue weighted by Gasteiger charge is 2.33. The van der Waals surface area contributed by atoms with Crippen molar-refractivity contribution in [2.24, 2.45) is 0 Å². The first kappa shape index (κ1) is 14.3. The molecule has 2 nitrogen and oxygen atoms in total. The third kappa shape index (κ3) is 3.26. The predicted octanol–water partition coefficient (Wildman–Crippen LogP) is 4.08. The maximum Gasteiger partial charge on any atom is 0.275 e. The van der Waals surface area contributed by atoms with Gasteiger partial charge in [0.2, 0.25) is 0 Å². The number of thiocarbonyl (C=S) groups is 1. The molecular formula is C13H18BrN2S2+. The molecular weight excluding hydrogens is 328 g/mol. The lowest BCUT2D eigenvalue weighted by atomic mass is 10.3. The van der Waals surface area contributed by atoms with Crippen molar-refractivity contribution >= 4 is 50.7 Å². The number of benzene rings is 1. The number of hydrogen-bond acceptors (Lipinski definition) is 2. The summed E-state index contributed by atoms with van der Waals surface area (Å²) in [6, 6.07) is 8.17. The highest BCUT2D eigenvalue weighted by molar-refractivity contribution is 9.10. The Morgan fingerprint density at radius 2 is 2.39 bits per heavy atom. The van der Waals surface area contributed by atoms with Crippen LogP contribution < -0.4 is 5.32 Å². The summed E-state index contributed by atoms with van der Waals surface area (Å²) in [6.45, 7) is 4.44. The fourth-order valence-corrected chi connectivity index (χ4v) is 4.27. The van der Waals surface area contributed by atoms with Crippen molar-refractivity contribution in [3.8, 4) is 0 Å². The molecule has 1 N–H and O–H groups in total. The van der Waals surface area contributed by atoms with Gasteiger partial charge in [-0.15, -0.1) is 11.8 Å². The fourth-order valence-electron chi connectivity index (χ4n) is 2.13. The Bertz CT molecular complexity index is 431. The Morgan fingerprint density at radius 1 is 1.56 bits per heavy atom. The van der Waals surface area contributed by atoms with Crippen LogP contribution in [0.1, 0.15) is 13.3 Å². The van der Waals surface area contributed by atoms with Crippen LogP contribution in [-0.2, 0) is 0 Å². The van der Waals surface area contributed by atoms with Gasteiger partial charge in [-0.05, 0) is 25.1 Å². The van der Waals surface area contributed by atoms with Crippen LogP contribution in [-0.4, -0.2) is 34.3 Å². The molecule has 1 aromatic rings. The molecule has 2 rings (SSSR count). The molecule has 1 aliphatic rings. The van der Waals surface area contributed by atoms with Gasteiger partial charge < -0.3 is 5.32 Å². The average Bonchev–Trinajstić information content (AvgIpc) is 2.39. The summed E-state index contributed by atoms with van der Waals surface area (Å²) in [7, 11) is 0. The first-order chi connectivity index (χ1) is 8.66. The van der Waals surface area contributed by atoms with Crippen LogP contribution in [0.5, 0.6) is 0 Å². The van der Waals surface area contributed by atoms with Gasteiger partial charge in [0, 0.05) is 34.6 Å². The van der Waals surface area contributed by atoms with E-state index in [2.05, 4.69) is 40.3 Å². The zero-order valence-corrected chi connectivity index (χ0v) is 13.7. The van der Waals surface area contributed by atoms with E-state index in [1.807, 2.05) is 23.9 Å². The molecule has 1 heterocycles. The molecule has 0 saturated carbocycles. The van der Waals surface area contributed by atoms with Crippen molar-refractivity contribution in [3.63, 3.8) is 0 Å². The van der Waals surface area contributed by atoms with Gasteiger partial charge in [-0.2, -0.15) is 0 Å².